The molecule has 0 spiro atoms. The molecule has 0 bridgehead atoms. The summed E-state index contributed by atoms with van der Waals surface area (Å²) in [6.07, 6.45) is 1.62. The van der Waals surface area contributed by atoms with Crippen LogP contribution >= 0.6 is 0 Å². The molecule has 0 radical (unpaired) electrons. The van der Waals surface area contributed by atoms with Gasteiger partial charge in [0.05, 0.1) is 10.6 Å². The Labute approximate surface area is 97.3 Å². The highest BCUT2D eigenvalue weighted by molar-refractivity contribution is 5.57. The molecule has 2 aromatic rings. The van der Waals surface area contributed by atoms with E-state index in [0.717, 1.165) is 11.3 Å². The predicted octanol–water partition coefficient (Wildman–Crippen LogP) is 1.51. The molecule has 6 nitrogen and oxygen atoms in total. The predicted molar refractivity (Wildman–Crippen MR) is 62.0 cm³/mol. The Kier molecular flexibility index (Phi) is 3.06. The van der Waals surface area contributed by atoms with E-state index in [2.05, 4.69) is 9.97 Å². The minimum Gasteiger partial charge on any atom is -0.325 e. The lowest BCUT2D eigenvalue weighted by atomic mass is 10.2. The van der Waals surface area contributed by atoms with Gasteiger partial charge in [-0.15, -0.1) is 0 Å². The Morgan fingerprint density at radius 1 is 1.24 bits per heavy atom. The third-order valence-corrected chi connectivity index (χ3v) is 2.26. The molecule has 1 aromatic heterocycles. The van der Waals surface area contributed by atoms with Crippen molar-refractivity contribution in [1.82, 2.24) is 9.97 Å². The van der Waals surface area contributed by atoms with E-state index in [0.29, 0.717) is 12.4 Å². The number of nitro groups is 1. The highest BCUT2D eigenvalue weighted by Crippen LogP contribution is 2.18. The molecule has 86 valence electrons. The Bertz CT molecular complexity index is 539. The van der Waals surface area contributed by atoms with Crippen molar-refractivity contribution in [3.8, 4) is 11.4 Å². The second-order valence-electron chi connectivity index (χ2n) is 3.38. The minimum atomic E-state index is -0.444. The van der Waals surface area contributed by atoms with Crippen LogP contribution in [0.3, 0.4) is 0 Å². The number of aromatic nitrogens is 2. The number of non-ortho nitro benzene ring substituents is 1. The van der Waals surface area contributed by atoms with Gasteiger partial charge in [-0.25, -0.2) is 9.97 Å². The topological polar surface area (TPSA) is 94.9 Å². The molecule has 2 N–H and O–H groups in total. The molecule has 2 rings (SSSR count). The maximum atomic E-state index is 10.5. The molecule has 6 heteroatoms. The summed E-state index contributed by atoms with van der Waals surface area (Å²) in [6.45, 7) is 0.336. The van der Waals surface area contributed by atoms with Gasteiger partial charge in [0.1, 0.15) is 0 Å². The summed E-state index contributed by atoms with van der Waals surface area (Å²) in [5.41, 5.74) is 6.98. The molecule has 0 amide bonds. The van der Waals surface area contributed by atoms with E-state index in [9.17, 15) is 10.1 Å². The van der Waals surface area contributed by atoms with Crippen molar-refractivity contribution in [2.24, 2.45) is 5.73 Å². The summed E-state index contributed by atoms with van der Waals surface area (Å²) >= 11 is 0. The number of rotatable bonds is 3. The van der Waals surface area contributed by atoms with Crippen LogP contribution in [0.15, 0.2) is 36.5 Å². The van der Waals surface area contributed by atoms with Crippen LogP contribution in [0.4, 0.5) is 5.69 Å². The summed E-state index contributed by atoms with van der Waals surface area (Å²) < 4.78 is 0. The summed E-state index contributed by atoms with van der Waals surface area (Å²) in [5.74, 6) is 0.517. The van der Waals surface area contributed by atoms with Gasteiger partial charge in [0.2, 0.25) is 0 Å². The lowest BCUT2D eigenvalue weighted by Gasteiger charge is -2.01. The van der Waals surface area contributed by atoms with Crippen LogP contribution < -0.4 is 5.73 Å². The largest absolute Gasteiger partial charge is 0.325 e. The second-order valence-corrected chi connectivity index (χ2v) is 3.38. The molecule has 0 saturated heterocycles. The SMILES string of the molecule is NCc1ccnc(-c2ccc([N+](=O)[O-])cc2)n1. The molecule has 1 aromatic carbocycles. The van der Waals surface area contributed by atoms with Gasteiger partial charge in [0.15, 0.2) is 5.82 Å². The number of benzene rings is 1. The minimum absolute atomic E-state index is 0.0451. The molecule has 17 heavy (non-hydrogen) atoms. The van der Waals surface area contributed by atoms with Crippen molar-refractivity contribution in [2.45, 2.75) is 6.54 Å². The van der Waals surface area contributed by atoms with E-state index in [1.165, 1.54) is 12.1 Å². The van der Waals surface area contributed by atoms with Crippen molar-refractivity contribution in [1.29, 1.82) is 0 Å². The van der Waals surface area contributed by atoms with Crippen LogP contribution in [0, 0.1) is 10.1 Å². The zero-order chi connectivity index (χ0) is 12.3. The molecule has 0 unspecified atom stereocenters. The van der Waals surface area contributed by atoms with Gasteiger partial charge in [-0.2, -0.15) is 0 Å². The van der Waals surface area contributed by atoms with Gasteiger partial charge < -0.3 is 5.73 Å². The number of nitro benzene ring substituents is 1. The van der Waals surface area contributed by atoms with Crippen molar-refractivity contribution < 1.29 is 4.92 Å². The van der Waals surface area contributed by atoms with E-state index in [4.69, 9.17) is 5.73 Å². The Hall–Kier alpha value is -2.34. The highest BCUT2D eigenvalue weighted by atomic mass is 16.6. The first kappa shape index (κ1) is 11.2. The first-order valence-corrected chi connectivity index (χ1v) is 4.97. The quantitative estimate of drug-likeness (QED) is 0.637. The van der Waals surface area contributed by atoms with E-state index < -0.39 is 4.92 Å². The molecule has 0 aliphatic heterocycles. The van der Waals surface area contributed by atoms with Gasteiger partial charge in [-0.1, -0.05) is 0 Å². The zero-order valence-corrected chi connectivity index (χ0v) is 8.91. The number of nitrogens with two attached hydrogens (primary N) is 1. The van der Waals surface area contributed by atoms with Crippen molar-refractivity contribution >= 4 is 5.69 Å². The standard InChI is InChI=1S/C11H10N4O2/c12-7-9-5-6-13-11(14-9)8-1-3-10(4-2-8)15(16)17/h1-6H,7,12H2. The maximum Gasteiger partial charge on any atom is 0.269 e. The lowest BCUT2D eigenvalue weighted by molar-refractivity contribution is -0.384. The third kappa shape index (κ3) is 2.43. The summed E-state index contributed by atoms with van der Waals surface area (Å²) in [6, 6.07) is 7.82. The summed E-state index contributed by atoms with van der Waals surface area (Å²) in [7, 11) is 0. The molecular weight excluding hydrogens is 220 g/mol. The molecule has 0 saturated carbocycles. The Morgan fingerprint density at radius 2 is 1.94 bits per heavy atom. The van der Waals surface area contributed by atoms with Gasteiger partial charge >= 0.3 is 0 Å². The van der Waals surface area contributed by atoms with Crippen LogP contribution in [0.5, 0.6) is 0 Å². The third-order valence-electron chi connectivity index (χ3n) is 2.26. The Morgan fingerprint density at radius 3 is 2.53 bits per heavy atom. The van der Waals surface area contributed by atoms with Crippen LogP contribution in [0.1, 0.15) is 5.69 Å². The van der Waals surface area contributed by atoms with Gasteiger partial charge in [-0.05, 0) is 18.2 Å². The first-order valence-electron chi connectivity index (χ1n) is 4.97. The van der Waals surface area contributed by atoms with Crippen LogP contribution in [0.25, 0.3) is 11.4 Å². The average Bonchev–Trinajstić information content (AvgIpc) is 2.39. The van der Waals surface area contributed by atoms with Crippen molar-refractivity contribution in [3.63, 3.8) is 0 Å². The monoisotopic (exact) mass is 230 g/mol. The van der Waals surface area contributed by atoms with E-state index >= 15 is 0 Å². The molecule has 0 fully saturated rings. The maximum absolute atomic E-state index is 10.5. The lowest BCUT2D eigenvalue weighted by Crippen LogP contribution is -2.01. The summed E-state index contributed by atoms with van der Waals surface area (Å²) in [5, 5.41) is 10.5. The average molecular weight is 230 g/mol. The van der Waals surface area contributed by atoms with Gasteiger partial charge in [-0.3, -0.25) is 10.1 Å². The van der Waals surface area contributed by atoms with Gasteiger partial charge in [0.25, 0.3) is 5.69 Å². The number of hydrogen-bond acceptors (Lipinski definition) is 5. The number of nitrogens with zero attached hydrogens (tertiary/aromatic N) is 3. The fourth-order valence-corrected chi connectivity index (χ4v) is 1.38. The fraction of sp³-hybridized carbons (Fsp3) is 0.0909. The van der Waals surface area contributed by atoms with E-state index in [-0.39, 0.29) is 5.69 Å². The fourth-order valence-electron chi connectivity index (χ4n) is 1.38. The molecule has 0 aliphatic rings. The van der Waals surface area contributed by atoms with Gasteiger partial charge in [0, 0.05) is 30.4 Å². The molecule has 0 atom stereocenters. The number of hydrogen-bond donors (Lipinski definition) is 1. The van der Waals surface area contributed by atoms with E-state index in [1.54, 1.807) is 24.4 Å². The second kappa shape index (κ2) is 4.67. The smallest absolute Gasteiger partial charge is 0.269 e. The zero-order valence-electron chi connectivity index (χ0n) is 8.91. The molecule has 0 aliphatic carbocycles. The highest BCUT2D eigenvalue weighted by Gasteiger charge is 2.06. The Balaban J connectivity index is 2.36. The molecular formula is C11H10N4O2. The van der Waals surface area contributed by atoms with Crippen LogP contribution in [-0.4, -0.2) is 14.9 Å². The van der Waals surface area contributed by atoms with Crippen LogP contribution in [0.2, 0.25) is 0 Å². The molecule has 1 heterocycles. The summed E-state index contributed by atoms with van der Waals surface area (Å²) in [4.78, 5) is 18.4. The first-order chi connectivity index (χ1) is 8.20. The van der Waals surface area contributed by atoms with Crippen LogP contribution in [-0.2, 0) is 6.54 Å². The normalized spacial score (nSPS) is 10.2. The van der Waals surface area contributed by atoms with E-state index in [1.807, 2.05) is 0 Å². The van der Waals surface area contributed by atoms with Crippen molar-refractivity contribution in [3.05, 3.63) is 52.3 Å². The van der Waals surface area contributed by atoms with Crippen molar-refractivity contribution in [2.75, 3.05) is 0 Å².